The Balaban J connectivity index is 1.96. The molecular formula is C13H18N2O4S. The van der Waals surface area contributed by atoms with Gasteiger partial charge in [-0.15, -0.1) is 0 Å². The van der Waals surface area contributed by atoms with Crippen LogP contribution in [0.15, 0.2) is 23.1 Å². The van der Waals surface area contributed by atoms with Crippen LogP contribution in [0.25, 0.3) is 0 Å². The molecule has 0 unspecified atom stereocenters. The van der Waals surface area contributed by atoms with Crippen molar-refractivity contribution in [1.29, 1.82) is 0 Å². The number of nitrogens with one attached hydrogen (secondary N) is 2. The second-order valence-corrected chi connectivity index (χ2v) is 6.69. The summed E-state index contributed by atoms with van der Waals surface area (Å²) in [6.45, 7) is 1.28. The van der Waals surface area contributed by atoms with Crippen LogP contribution in [0, 0.1) is 0 Å². The topological polar surface area (TPSA) is 84.5 Å². The van der Waals surface area contributed by atoms with E-state index in [9.17, 15) is 13.2 Å². The molecule has 0 fully saturated rings. The maximum absolute atomic E-state index is 11.8. The van der Waals surface area contributed by atoms with Crippen LogP contribution in [0.1, 0.15) is 5.56 Å². The van der Waals surface area contributed by atoms with Crippen molar-refractivity contribution in [1.82, 2.24) is 5.32 Å². The first-order valence-electron chi connectivity index (χ1n) is 6.38. The van der Waals surface area contributed by atoms with E-state index in [1.807, 2.05) is 0 Å². The van der Waals surface area contributed by atoms with E-state index in [-0.39, 0.29) is 18.2 Å². The van der Waals surface area contributed by atoms with Crippen molar-refractivity contribution in [3.63, 3.8) is 0 Å². The first kappa shape index (κ1) is 15.0. The zero-order valence-electron chi connectivity index (χ0n) is 11.3. The predicted molar refractivity (Wildman–Crippen MR) is 75.6 cm³/mol. The van der Waals surface area contributed by atoms with Gasteiger partial charge in [-0.3, -0.25) is 4.79 Å². The Kier molecular flexibility index (Phi) is 4.74. The van der Waals surface area contributed by atoms with Crippen LogP contribution in [-0.2, 0) is 25.8 Å². The molecule has 0 aliphatic carbocycles. The second-order valence-electron chi connectivity index (χ2n) is 4.61. The zero-order valence-corrected chi connectivity index (χ0v) is 12.1. The van der Waals surface area contributed by atoms with Crippen molar-refractivity contribution in [2.45, 2.75) is 11.3 Å². The number of sulfone groups is 1. The molecule has 1 heterocycles. The number of ether oxygens (including phenoxy) is 1. The van der Waals surface area contributed by atoms with Gasteiger partial charge in [0.2, 0.25) is 5.91 Å². The predicted octanol–water partition coefficient (Wildman–Crippen LogP) is 0.191. The summed E-state index contributed by atoms with van der Waals surface area (Å²) < 4.78 is 28.4. The summed E-state index contributed by atoms with van der Waals surface area (Å²) in [5, 5.41) is 5.60. The fraction of sp³-hybridized carbons (Fsp3) is 0.462. The van der Waals surface area contributed by atoms with E-state index in [0.717, 1.165) is 5.56 Å². The van der Waals surface area contributed by atoms with Gasteiger partial charge in [0.05, 0.1) is 23.8 Å². The Morgan fingerprint density at radius 3 is 2.95 bits per heavy atom. The quantitative estimate of drug-likeness (QED) is 0.733. The lowest BCUT2D eigenvalue weighted by Crippen LogP contribution is -2.30. The lowest BCUT2D eigenvalue weighted by atomic mass is 10.1. The molecule has 0 radical (unpaired) electrons. The molecule has 1 aromatic carbocycles. The molecule has 0 aromatic heterocycles. The van der Waals surface area contributed by atoms with Gasteiger partial charge in [0.25, 0.3) is 0 Å². The minimum absolute atomic E-state index is 0.151. The third kappa shape index (κ3) is 3.56. The average molecular weight is 298 g/mol. The molecule has 0 atom stereocenters. The molecule has 20 heavy (non-hydrogen) atoms. The maximum atomic E-state index is 11.8. The van der Waals surface area contributed by atoms with Gasteiger partial charge in [0.1, 0.15) is 0 Å². The number of fused-ring (bicyclic) bond motifs is 1. The molecule has 1 aliphatic heterocycles. The summed E-state index contributed by atoms with van der Waals surface area (Å²) in [6.07, 6.45) is 0.546. The lowest BCUT2D eigenvalue weighted by Gasteiger charge is -2.08. The number of carbonyl (C=O) groups is 1. The molecule has 0 bridgehead atoms. The maximum Gasteiger partial charge on any atom is 0.238 e. The number of aryl methyl sites for hydroxylation is 1. The van der Waals surface area contributed by atoms with E-state index in [1.165, 1.54) is 6.07 Å². The fourth-order valence-electron chi connectivity index (χ4n) is 2.06. The Morgan fingerprint density at radius 2 is 2.20 bits per heavy atom. The number of anilines is 1. The highest BCUT2D eigenvalue weighted by atomic mass is 32.2. The van der Waals surface area contributed by atoms with Crippen LogP contribution in [0.5, 0.6) is 0 Å². The van der Waals surface area contributed by atoms with Crippen LogP contribution in [-0.4, -0.2) is 46.9 Å². The summed E-state index contributed by atoms with van der Waals surface area (Å²) in [4.78, 5) is 12.0. The van der Waals surface area contributed by atoms with Gasteiger partial charge in [0, 0.05) is 19.3 Å². The molecule has 1 aromatic rings. The Labute approximate surface area is 118 Å². The molecular weight excluding hydrogens is 280 g/mol. The first-order valence-corrected chi connectivity index (χ1v) is 8.03. The van der Waals surface area contributed by atoms with Crippen molar-refractivity contribution >= 4 is 21.4 Å². The molecule has 0 spiro atoms. The van der Waals surface area contributed by atoms with Crippen LogP contribution in [0.4, 0.5) is 5.69 Å². The number of amides is 1. The third-order valence-corrected chi connectivity index (χ3v) is 4.89. The van der Waals surface area contributed by atoms with Gasteiger partial charge < -0.3 is 15.4 Å². The highest BCUT2D eigenvalue weighted by Crippen LogP contribution is 2.28. The van der Waals surface area contributed by atoms with Gasteiger partial charge in [-0.05, 0) is 24.1 Å². The van der Waals surface area contributed by atoms with E-state index in [4.69, 9.17) is 4.74 Å². The summed E-state index contributed by atoms with van der Waals surface area (Å²) in [7, 11) is -1.58. The van der Waals surface area contributed by atoms with Gasteiger partial charge >= 0.3 is 0 Å². The van der Waals surface area contributed by atoms with Crippen LogP contribution < -0.4 is 10.6 Å². The summed E-state index contributed by atoms with van der Waals surface area (Å²) in [6, 6.07) is 5.02. The molecule has 110 valence electrons. The van der Waals surface area contributed by atoms with Crippen LogP contribution in [0.2, 0.25) is 0 Å². The van der Waals surface area contributed by atoms with Crippen molar-refractivity contribution in [3.05, 3.63) is 23.8 Å². The van der Waals surface area contributed by atoms with E-state index in [2.05, 4.69) is 10.6 Å². The fourth-order valence-corrected chi connectivity index (χ4v) is 3.65. The summed E-state index contributed by atoms with van der Waals surface area (Å²) in [5.74, 6) is -0.0605. The molecule has 0 saturated heterocycles. The molecule has 7 heteroatoms. The Hall–Kier alpha value is -1.44. The standard InChI is InChI=1S/C13H18N2O4S/c1-19-6-5-14-9-13(16)15-11-3-2-10-4-7-20(17,18)12(10)8-11/h2-3,8,14H,4-7,9H2,1H3,(H,15,16). The highest BCUT2D eigenvalue weighted by Gasteiger charge is 2.26. The second kappa shape index (κ2) is 6.34. The molecule has 6 nitrogen and oxygen atoms in total. The normalized spacial score (nSPS) is 15.8. The van der Waals surface area contributed by atoms with Gasteiger partial charge in [-0.25, -0.2) is 8.42 Å². The number of carbonyl (C=O) groups excluding carboxylic acids is 1. The van der Waals surface area contributed by atoms with E-state index >= 15 is 0 Å². The first-order chi connectivity index (χ1) is 9.53. The highest BCUT2D eigenvalue weighted by molar-refractivity contribution is 7.91. The molecule has 1 amide bonds. The summed E-state index contributed by atoms with van der Waals surface area (Å²) in [5.41, 5.74) is 1.33. The number of methoxy groups -OCH3 is 1. The molecule has 0 saturated carbocycles. The number of benzene rings is 1. The smallest absolute Gasteiger partial charge is 0.238 e. The molecule has 2 rings (SSSR count). The van der Waals surface area contributed by atoms with Crippen molar-refractivity contribution < 1.29 is 17.9 Å². The van der Waals surface area contributed by atoms with E-state index in [0.29, 0.717) is 30.2 Å². The molecule has 1 aliphatic rings. The van der Waals surface area contributed by atoms with Crippen molar-refractivity contribution in [2.75, 3.05) is 37.9 Å². The zero-order chi connectivity index (χ0) is 14.6. The number of rotatable bonds is 6. The molecule has 2 N–H and O–H groups in total. The minimum atomic E-state index is -3.17. The Bertz CT molecular complexity index is 598. The van der Waals surface area contributed by atoms with Gasteiger partial charge in [-0.1, -0.05) is 6.07 Å². The Morgan fingerprint density at radius 1 is 1.40 bits per heavy atom. The summed E-state index contributed by atoms with van der Waals surface area (Å²) >= 11 is 0. The average Bonchev–Trinajstić information content (AvgIpc) is 2.71. The largest absolute Gasteiger partial charge is 0.383 e. The lowest BCUT2D eigenvalue weighted by molar-refractivity contribution is -0.115. The third-order valence-electron chi connectivity index (χ3n) is 3.09. The van der Waals surface area contributed by atoms with E-state index < -0.39 is 9.84 Å². The van der Waals surface area contributed by atoms with Crippen LogP contribution >= 0.6 is 0 Å². The van der Waals surface area contributed by atoms with Crippen LogP contribution in [0.3, 0.4) is 0 Å². The van der Waals surface area contributed by atoms with Crippen molar-refractivity contribution in [3.8, 4) is 0 Å². The van der Waals surface area contributed by atoms with E-state index in [1.54, 1.807) is 19.2 Å². The minimum Gasteiger partial charge on any atom is -0.383 e. The van der Waals surface area contributed by atoms with Gasteiger partial charge in [0.15, 0.2) is 9.84 Å². The SMILES string of the molecule is COCCNCC(=O)Nc1ccc2c(c1)S(=O)(=O)CC2. The number of hydrogen-bond donors (Lipinski definition) is 2. The number of hydrogen-bond acceptors (Lipinski definition) is 5. The van der Waals surface area contributed by atoms with Gasteiger partial charge in [-0.2, -0.15) is 0 Å². The van der Waals surface area contributed by atoms with Crippen molar-refractivity contribution in [2.24, 2.45) is 0 Å². The monoisotopic (exact) mass is 298 g/mol.